The predicted octanol–water partition coefficient (Wildman–Crippen LogP) is 3.85. The van der Waals surface area contributed by atoms with E-state index in [0.717, 1.165) is 12.0 Å². The van der Waals surface area contributed by atoms with E-state index in [1.54, 1.807) is 41.3 Å². The number of nitrogens with zero attached hydrogens (tertiary/aromatic N) is 1. The van der Waals surface area contributed by atoms with E-state index in [1.165, 1.54) is 12.1 Å². The van der Waals surface area contributed by atoms with Gasteiger partial charge in [0.25, 0.3) is 15.9 Å². The molecule has 0 aromatic heterocycles. The number of aryl methyl sites for hydroxylation is 1. The molecule has 4 rings (SSSR count). The molecule has 3 aromatic rings. The number of rotatable bonds is 7. The summed E-state index contributed by atoms with van der Waals surface area (Å²) in [7, 11) is -4.19. The van der Waals surface area contributed by atoms with Gasteiger partial charge in [-0.15, -0.1) is 0 Å². The highest BCUT2D eigenvalue weighted by molar-refractivity contribution is 7.90. The van der Waals surface area contributed by atoms with Gasteiger partial charge in [-0.2, -0.15) is 0 Å². The Morgan fingerprint density at radius 1 is 0.972 bits per heavy atom. The summed E-state index contributed by atoms with van der Waals surface area (Å²) >= 11 is 0. The molecule has 2 N–H and O–H groups in total. The Morgan fingerprint density at radius 3 is 2.39 bits per heavy atom. The van der Waals surface area contributed by atoms with Gasteiger partial charge in [-0.3, -0.25) is 14.4 Å². The number of nitrogens with one attached hydrogen (secondary N) is 2. The SMILES string of the molecule is CCCC(=O)N1CC[C@@H](C(=O)NS(=O)(=O)c2ccc(NC(=O)c3ccccc3C)c3ccccc23)C1. The number of anilines is 1. The third-order valence-corrected chi connectivity index (χ3v) is 7.83. The van der Waals surface area contributed by atoms with Crippen LogP contribution < -0.4 is 10.0 Å². The highest BCUT2D eigenvalue weighted by atomic mass is 32.2. The summed E-state index contributed by atoms with van der Waals surface area (Å²) < 4.78 is 28.7. The molecule has 1 saturated heterocycles. The van der Waals surface area contributed by atoms with E-state index in [4.69, 9.17) is 0 Å². The Morgan fingerprint density at radius 2 is 1.67 bits per heavy atom. The lowest BCUT2D eigenvalue weighted by Gasteiger charge is -2.17. The number of sulfonamides is 1. The summed E-state index contributed by atoms with van der Waals surface area (Å²) in [5.41, 5.74) is 1.81. The van der Waals surface area contributed by atoms with Crippen LogP contribution in [0.4, 0.5) is 5.69 Å². The second-order valence-corrected chi connectivity index (χ2v) is 10.6. The molecule has 36 heavy (non-hydrogen) atoms. The Balaban J connectivity index is 1.56. The van der Waals surface area contributed by atoms with E-state index in [-0.39, 0.29) is 23.3 Å². The Bertz CT molecular complexity index is 1430. The van der Waals surface area contributed by atoms with Gasteiger partial charge in [0.2, 0.25) is 11.8 Å². The quantitative estimate of drug-likeness (QED) is 0.504. The maximum absolute atomic E-state index is 13.2. The van der Waals surface area contributed by atoms with Crippen molar-refractivity contribution in [2.24, 2.45) is 5.92 Å². The fraction of sp³-hybridized carbons (Fsp3) is 0.296. The predicted molar refractivity (Wildman–Crippen MR) is 138 cm³/mol. The van der Waals surface area contributed by atoms with Crippen LogP contribution in [0.2, 0.25) is 0 Å². The van der Waals surface area contributed by atoms with Crippen molar-refractivity contribution in [2.75, 3.05) is 18.4 Å². The van der Waals surface area contributed by atoms with E-state index >= 15 is 0 Å². The third-order valence-electron chi connectivity index (χ3n) is 6.42. The van der Waals surface area contributed by atoms with Gasteiger partial charge in [0, 0.05) is 41.5 Å². The number of fused-ring (bicyclic) bond motifs is 1. The molecule has 9 heteroatoms. The lowest BCUT2D eigenvalue weighted by molar-refractivity contribution is -0.130. The smallest absolute Gasteiger partial charge is 0.264 e. The van der Waals surface area contributed by atoms with Crippen molar-refractivity contribution in [1.29, 1.82) is 0 Å². The van der Waals surface area contributed by atoms with Crippen molar-refractivity contribution < 1.29 is 22.8 Å². The van der Waals surface area contributed by atoms with E-state index in [9.17, 15) is 22.8 Å². The van der Waals surface area contributed by atoms with Crippen molar-refractivity contribution >= 4 is 44.2 Å². The van der Waals surface area contributed by atoms with Gasteiger partial charge in [0.05, 0.1) is 10.8 Å². The number of benzene rings is 3. The lowest BCUT2D eigenvalue weighted by atomic mass is 10.1. The molecule has 0 saturated carbocycles. The van der Waals surface area contributed by atoms with Crippen LogP contribution in [0.25, 0.3) is 10.8 Å². The fourth-order valence-electron chi connectivity index (χ4n) is 4.48. The summed E-state index contributed by atoms with van der Waals surface area (Å²) in [5.74, 6) is -1.53. The van der Waals surface area contributed by atoms with Crippen LogP contribution in [0.1, 0.15) is 42.1 Å². The van der Waals surface area contributed by atoms with Gasteiger partial charge in [0.15, 0.2) is 0 Å². The minimum atomic E-state index is -4.19. The molecule has 1 atom stereocenters. The first-order chi connectivity index (χ1) is 17.2. The summed E-state index contributed by atoms with van der Waals surface area (Å²) in [6.45, 7) is 4.41. The summed E-state index contributed by atoms with van der Waals surface area (Å²) in [6, 6.07) is 16.9. The number of carbonyl (C=O) groups is 3. The van der Waals surface area contributed by atoms with E-state index in [2.05, 4.69) is 10.0 Å². The topological polar surface area (TPSA) is 113 Å². The van der Waals surface area contributed by atoms with E-state index in [1.807, 2.05) is 26.0 Å². The van der Waals surface area contributed by atoms with Crippen molar-refractivity contribution in [3.8, 4) is 0 Å². The zero-order valence-electron chi connectivity index (χ0n) is 20.3. The van der Waals surface area contributed by atoms with Gasteiger partial charge in [0.1, 0.15) is 0 Å². The molecule has 1 aliphatic heterocycles. The standard InChI is InChI=1S/C27H29N3O5S/c1-3-8-25(31)30-16-15-19(17-30)26(32)29-36(34,35)24-14-13-23(21-11-6-7-12-22(21)24)28-27(33)20-10-5-4-9-18(20)2/h4-7,9-14,19H,3,8,15-17H2,1-2H3,(H,28,33)(H,29,32)/t19-/m1/s1. The van der Waals surface area contributed by atoms with Crippen LogP contribution in [0.15, 0.2) is 65.6 Å². The van der Waals surface area contributed by atoms with Gasteiger partial charge < -0.3 is 10.2 Å². The van der Waals surface area contributed by atoms with Gasteiger partial charge in [-0.05, 0) is 43.5 Å². The van der Waals surface area contributed by atoms with Crippen molar-refractivity contribution in [3.05, 3.63) is 71.8 Å². The first-order valence-corrected chi connectivity index (χ1v) is 13.4. The number of hydrogen-bond donors (Lipinski definition) is 2. The normalized spacial score (nSPS) is 15.6. The number of hydrogen-bond acceptors (Lipinski definition) is 5. The molecular weight excluding hydrogens is 478 g/mol. The van der Waals surface area contributed by atoms with Crippen LogP contribution in [-0.4, -0.2) is 44.1 Å². The van der Waals surface area contributed by atoms with Crippen LogP contribution in [-0.2, 0) is 19.6 Å². The molecule has 1 heterocycles. The molecule has 0 bridgehead atoms. The highest BCUT2D eigenvalue weighted by Crippen LogP contribution is 2.30. The summed E-state index contributed by atoms with van der Waals surface area (Å²) in [5, 5.41) is 3.79. The Hall–Kier alpha value is -3.72. The van der Waals surface area contributed by atoms with Crippen LogP contribution in [0.5, 0.6) is 0 Å². The van der Waals surface area contributed by atoms with E-state index < -0.39 is 21.8 Å². The fourth-order valence-corrected chi connectivity index (χ4v) is 5.73. The lowest BCUT2D eigenvalue weighted by Crippen LogP contribution is -2.37. The van der Waals surface area contributed by atoms with Gasteiger partial charge in [-0.1, -0.05) is 49.4 Å². The van der Waals surface area contributed by atoms with Gasteiger partial charge in [-0.25, -0.2) is 13.1 Å². The third kappa shape index (κ3) is 5.26. The monoisotopic (exact) mass is 507 g/mol. The molecule has 0 radical (unpaired) electrons. The second-order valence-electron chi connectivity index (χ2n) is 8.97. The minimum Gasteiger partial charge on any atom is -0.342 e. The summed E-state index contributed by atoms with van der Waals surface area (Å²) in [4.78, 5) is 39.4. The highest BCUT2D eigenvalue weighted by Gasteiger charge is 2.33. The van der Waals surface area contributed by atoms with Crippen LogP contribution in [0, 0.1) is 12.8 Å². The maximum Gasteiger partial charge on any atom is 0.264 e. The maximum atomic E-state index is 13.2. The Labute approximate surface area is 210 Å². The molecule has 0 aliphatic carbocycles. The van der Waals surface area contributed by atoms with Crippen molar-refractivity contribution in [1.82, 2.24) is 9.62 Å². The molecule has 188 valence electrons. The molecule has 3 aromatic carbocycles. The number of likely N-dealkylation sites (tertiary alicyclic amines) is 1. The second kappa shape index (κ2) is 10.5. The molecule has 0 spiro atoms. The largest absolute Gasteiger partial charge is 0.342 e. The molecule has 1 aliphatic rings. The van der Waals surface area contributed by atoms with Crippen LogP contribution in [0.3, 0.4) is 0 Å². The molecular formula is C27H29N3O5S. The zero-order valence-corrected chi connectivity index (χ0v) is 21.1. The average Bonchev–Trinajstić information content (AvgIpc) is 3.35. The number of carbonyl (C=O) groups excluding carboxylic acids is 3. The molecule has 1 fully saturated rings. The summed E-state index contributed by atoms with van der Waals surface area (Å²) in [6.07, 6.45) is 1.54. The number of amides is 3. The van der Waals surface area contributed by atoms with E-state index in [0.29, 0.717) is 41.4 Å². The zero-order chi connectivity index (χ0) is 25.9. The first kappa shape index (κ1) is 25.4. The molecule has 0 unspecified atom stereocenters. The molecule has 8 nitrogen and oxygen atoms in total. The average molecular weight is 508 g/mol. The van der Waals surface area contributed by atoms with Gasteiger partial charge >= 0.3 is 0 Å². The van der Waals surface area contributed by atoms with Crippen LogP contribution >= 0.6 is 0 Å². The molecule has 3 amide bonds. The first-order valence-electron chi connectivity index (χ1n) is 11.9. The minimum absolute atomic E-state index is 0.0232. The van der Waals surface area contributed by atoms with Crippen molar-refractivity contribution in [3.63, 3.8) is 0 Å². The van der Waals surface area contributed by atoms with Crippen molar-refractivity contribution in [2.45, 2.75) is 38.0 Å². The Kier molecular flexibility index (Phi) is 7.40.